The highest BCUT2D eigenvalue weighted by Gasteiger charge is 2.23. The number of thioether (sulfide) groups is 1. The SMILES string of the molecule is CC(=O)N1CCN(C(=O)c2ccc(CSc3nc(Cl)cc(N4CCCCC4)n3)cc2)CC1. The van der Waals surface area contributed by atoms with Gasteiger partial charge in [0.1, 0.15) is 11.0 Å². The van der Waals surface area contributed by atoms with Gasteiger partial charge in [-0.25, -0.2) is 9.97 Å². The number of nitrogens with zero attached hydrogens (tertiary/aromatic N) is 5. The van der Waals surface area contributed by atoms with Gasteiger partial charge < -0.3 is 14.7 Å². The van der Waals surface area contributed by atoms with Crippen LogP contribution in [0.5, 0.6) is 0 Å². The van der Waals surface area contributed by atoms with Gasteiger partial charge in [0.2, 0.25) is 5.91 Å². The van der Waals surface area contributed by atoms with Crippen molar-refractivity contribution >= 4 is 41.0 Å². The summed E-state index contributed by atoms with van der Waals surface area (Å²) in [6, 6.07) is 9.53. The topological polar surface area (TPSA) is 69.6 Å². The van der Waals surface area contributed by atoms with E-state index in [1.54, 1.807) is 23.6 Å². The van der Waals surface area contributed by atoms with Gasteiger partial charge in [-0.05, 0) is 37.0 Å². The van der Waals surface area contributed by atoms with Gasteiger partial charge in [0.25, 0.3) is 5.91 Å². The Labute approximate surface area is 198 Å². The molecule has 0 spiro atoms. The predicted molar refractivity (Wildman–Crippen MR) is 127 cm³/mol. The normalized spacial score (nSPS) is 16.9. The quantitative estimate of drug-likeness (QED) is 0.374. The van der Waals surface area contributed by atoms with Crippen molar-refractivity contribution in [3.8, 4) is 0 Å². The van der Waals surface area contributed by atoms with Crippen LogP contribution in [0.1, 0.15) is 42.1 Å². The average molecular weight is 474 g/mol. The number of anilines is 1. The molecule has 0 unspecified atom stereocenters. The van der Waals surface area contributed by atoms with Gasteiger partial charge in [-0.15, -0.1) is 0 Å². The van der Waals surface area contributed by atoms with Gasteiger partial charge in [0.05, 0.1) is 0 Å². The lowest BCUT2D eigenvalue weighted by Crippen LogP contribution is -2.50. The molecule has 0 radical (unpaired) electrons. The molecule has 4 rings (SSSR count). The van der Waals surface area contributed by atoms with E-state index in [-0.39, 0.29) is 11.8 Å². The van der Waals surface area contributed by atoms with Gasteiger partial charge in [-0.1, -0.05) is 35.5 Å². The zero-order chi connectivity index (χ0) is 22.5. The minimum atomic E-state index is 0.0109. The molecule has 32 heavy (non-hydrogen) atoms. The summed E-state index contributed by atoms with van der Waals surface area (Å²) in [7, 11) is 0. The second-order valence-corrected chi connectivity index (χ2v) is 9.49. The summed E-state index contributed by atoms with van der Waals surface area (Å²) >= 11 is 7.80. The van der Waals surface area contributed by atoms with Gasteiger partial charge in [-0.3, -0.25) is 9.59 Å². The minimum Gasteiger partial charge on any atom is -0.356 e. The van der Waals surface area contributed by atoms with Crippen molar-refractivity contribution in [3.05, 3.63) is 46.6 Å². The summed E-state index contributed by atoms with van der Waals surface area (Å²) < 4.78 is 0. The van der Waals surface area contributed by atoms with Crippen molar-refractivity contribution in [2.45, 2.75) is 37.1 Å². The van der Waals surface area contributed by atoms with Crippen molar-refractivity contribution in [2.75, 3.05) is 44.2 Å². The first-order valence-corrected chi connectivity index (χ1v) is 12.4. The van der Waals surface area contributed by atoms with Gasteiger partial charge in [0.15, 0.2) is 5.16 Å². The molecule has 2 saturated heterocycles. The molecule has 0 bridgehead atoms. The van der Waals surface area contributed by atoms with E-state index in [2.05, 4.69) is 9.88 Å². The zero-order valence-electron chi connectivity index (χ0n) is 18.3. The molecule has 7 nitrogen and oxygen atoms in total. The molecule has 2 aliphatic rings. The fourth-order valence-corrected chi connectivity index (χ4v) is 5.07. The third kappa shape index (κ3) is 5.72. The molecule has 2 aromatic rings. The van der Waals surface area contributed by atoms with E-state index in [1.807, 2.05) is 35.2 Å². The molecule has 2 fully saturated rings. The average Bonchev–Trinajstić information content (AvgIpc) is 2.83. The fraction of sp³-hybridized carbons (Fsp3) is 0.478. The van der Waals surface area contributed by atoms with E-state index in [4.69, 9.17) is 16.6 Å². The highest BCUT2D eigenvalue weighted by Crippen LogP contribution is 2.26. The van der Waals surface area contributed by atoms with E-state index < -0.39 is 0 Å². The summed E-state index contributed by atoms with van der Waals surface area (Å²) in [6.45, 7) is 5.91. The number of aromatic nitrogens is 2. The predicted octanol–water partition coefficient (Wildman–Crippen LogP) is 3.72. The maximum absolute atomic E-state index is 12.8. The smallest absolute Gasteiger partial charge is 0.253 e. The summed E-state index contributed by atoms with van der Waals surface area (Å²) in [5.41, 5.74) is 1.76. The van der Waals surface area contributed by atoms with Gasteiger partial charge >= 0.3 is 0 Å². The Kier molecular flexibility index (Phi) is 7.52. The molecule has 0 atom stereocenters. The van der Waals surface area contributed by atoms with Gasteiger partial charge in [-0.2, -0.15) is 0 Å². The molecule has 2 amide bonds. The standard InChI is InChI=1S/C23H28ClN5O2S/c1-17(30)27-11-13-29(14-12-27)22(31)19-7-5-18(6-8-19)16-32-23-25-20(24)15-21(26-23)28-9-3-2-4-10-28/h5-8,15H,2-4,9-14,16H2,1H3. The second-order valence-electron chi connectivity index (χ2n) is 8.16. The summed E-state index contributed by atoms with van der Waals surface area (Å²) in [5, 5.41) is 1.13. The van der Waals surface area contributed by atoms with E-state index in [1.165, 1.54) is 19.3 Å². The number of rotatable bonds is 5. The zero-order valence-corrected chi connectivity index (χ0v) is 19.9. The molecule has 1 aromatic heterocycles. The molecule has 0 N–H and O–H groups in total. The summed E-state index contributed by atoms with van der Waals surface area (Å²) in [5.74, 6) is 1.67. The molecule has 170 valence electrons. The van der Waals surface area contributed by atoms with E-state index >= 15 is 0 Å². The summed E-state index contributed by atoms with van der Waals surface area (Å²) in [4.78, 5) is 39.2. The van der Waals surface area contributed by atoms with Crippen LogP contribution < -0.4 is 4.90 Å². The molecule has 0 saturated carbocycles. The Balaban J connectivity index is 1.34. The van der Waals surface area contributed by atoms with Crippen molar-refractivity contribution in [3.63, 3.8) is 0 Å². The third-order valence-corrected chi connectivity index (χ3v) is 7.03. The Morgan fingerprint density at radius 3 is 2.25 bits per heavy atom. The van der Waals surface area contributed by atoms with Crippen LogP contribution in [0.2, 0.25) is 5.15 Å². The lowest BCUT2D eigenvalue weighted by Gasteiger charge is -2.34. The van der Waals surface area contributed by atoms with E-state index in [0.717, 1.165) is 24.5 Å². The fourth-order valence-electron chi connectivity index (χ4n) is 4.03. The second kappa shape index (κ2) is 10.5. The third-order valence-electron chi connectivity index (χ3n) is 5.92. The largest absolute Gasteiger partial charge is 0.356 e. The number of halogens is 1. The van der Waals surface area contributed by atoms with Crippen molar-refractivity contribution < 1.29 is 9.59 Å². The van der Waals surface area contributed by atoms with Crippen molar-refractivity contribution in [2.24, 2.45) is 0 Å². The molecule has 1 aromatic carbocycles. The van der Waals surface area contributed by atoms with Crippen LogP contribution in [-0.4, -0.2) is 70.9 Å². The number of carbonyl (C=O) groups excluding carboxylic acids is 2. The van der Waals surface area contributed by atoms with Gasteiger partial charge in [0, 0.05) is 63.6 Å². The van der Waals surface area contributed by atoms with E-state index in [9.17, 15) is 9.59 Å². The first-order valence-electron chi connectivity index (χ1n) is 11.1. The molecular weight excluding hydrogens is 446 g/mol. The Bertz CT molecular complexity index is 957. The highest BCUT2D eigenvalue weighted by atomic mass is 35.5. The number of piperazine rings is 1. The monoisotopic (exact) mass is 473 g/mol. The first kappa shape index (κ1) is 22.9. The van der Waals surface area contributed by atoms with E-state index in [0.29, 0.717) is 47.8 Å². The van der Waals surface area contributed by atoms with Crippen molar-refractivity contribution in [1.29, 1.82) is 0 Å². The maximum atomic E-state index is 12.8. The lowest BCUT2D eigenvalue weighted by molar-refractivity contribution is -0.130. The maximum Gasteiger partial charge on any atom is 0.253 e. The Morgan fingerprint density at radius 2 is 1.59 bits per heavy atom. The van der Waals surface area contributed by atoms with Crippen LogP contribution in [0, 0.1) is 0 Å². The van der Waals surface area contributed by atoms with Crippen LogP contribution in [0.15, 0.2) is 35.5 Å². The molecule has 0 aliphatic carbocycles. The summed E-state index contributed by atoms with van der Waals surface area (Å²) in [6.07, 6.45) is 3.63. The Hall–Kier alpha value is -2.32. The molecule has 3 heterocycles. The van der Waals surface area contributed by atoms with Crippen LogP contribution >= 0.6 is 23.4 Å². The first-order chi connectivity index (χ1) is 15.5. The molecular formula is C23H28ClN5O2S. The van der Waals surface area contributed by atoms with Crippen LogP contribution in [0.25, 0.3) is 0 Å². The number of hydrogen-bond donors (Lipinski definition) is 0. The number of amides is 2. The van der Waals surface area contributed by atoms with Crippen LogP contribution in [0.4, 0.5) is 5.82 Å². The number of benzene rings is 1. The Morgan fingerprint density at radius 1 is 0.938 bits per heavy atom. The van der Waals surface area contributed by atoms with Crippen LogP contribution in [0.3, 0.4) is 0 Å². The van der Waals surface area contributed by atoms with Crippen LogP contribution in [-0.2, 0) is 10.5 Å². The lowest BCUT2D eigenvalue weighted by atomic mass is 10.1. The molecule has 2 aliphatic heterocycles. The molecule has 9 heteroatoms. The number of carbonyl (C=O) groups is 2. The number of hydrogen-bond acceptors (Lipinski definition) is 6. The highest BCUT2D eigenvalue weighted by molar-refractivity contribution is 7.98. The van der Waals surface area contributed by atoms with Crippen molar-refractivity contribution in [1.82, 2.24) is 19.8 Å². The number of piperidine rings is 1. The minimum absolute atomic E-state index is 0.0109.